The summed E-state index contributed by atoms with van der Waals surface area (Å²) in [5, 5.41) is 2.95. The van der Waals surface area contributed by atoms with Crippen molar-refractivity contribution in [3.63, 3.8) is 0 Å². The molecular weight excluding hydrogens is 318 g/mol. The Morgan fingerprint density at radius 2 is 2.08 bits per heavy atom. The molecule has 25 heavy (non-hydrogen) atoms. The summed E-state index contributed by atoms with van der Waals surface area (Å²) in [6.07, 6.45) is 1.84. The van der Waals surface area contributed by atoms with E-state index in [9.17, 15) is 4.79 Å². The van der Waals surface area contributed by atoms with Crippen molar-refractivity contribution in [1.82, 2.24) is 14.9 Å². The fourth-order valence-corrected chi connectivity index (χ4v) is 3.13. The van der Waals surface area contributed by atoms with E-state index in [1.807, 2.05) is 37.4 Å². The Balaban J connectivity index is 1.44. The van der Waals surface area contributed by atoms with Gasteiger partial charge in [0.15, 0.2) is 0 Å². The summed E-state index contributed by atoms with van der Waals surface area (Å²) in [6, 6.07) is 7.67. The van der Waals surface area contributed by atoms with E-state index in [0.29, 0.717) is 26.3 Å². The van der Waals surface area contributed by atoms with E-state index in [2.05, 4.69) is 20.2 Å². The number of rotatable bonds is 2. The second kappa shape index (κ2) is 6.68. The molecule has 1 N–H and O–H groups in total. The third-order valence-corrected chi connectivity index (χ3v) is 4.49. The van der Waals surface area contributed by atoms with E-state index in [4.69, 9.17) is 4.74 Å². The third-order valence-electron chi connectivity index (χ3n) is 4.49. The van der Waals surface area contributed by atoms with Gasteiger partial charge in [-0.2, -0.15) is 0 Å². The first kappa shape index (κ1) is 15.8. The number of ether oxygens (including phenoxy) is 1. The first-order valence-corrected chi connectivity index (χ1v) is 8.49. The second-order valence-electron chi connectivity index (χ2n) is 6.40. The minimum absolute atomic E-state index is 0.114. The van der Waals surface area contributed by atoms with Crippen LogP contribution in [0.1, 0.15) is 16.8 Å². The van der Waals surface area contributed by atoms with Gasteiger partial charge < -0.3 is 19.9 Å². The molecular formula is C18H21N5O2. The zero-order valence-electron chi connectivity index (χ0n) is 14.2. The molecule has 0 atom stereocenters. The molecule has 4 rings (SSSR count). The number of urea groups is 1. The summed E-state index contributed by atoms with van der Waals surface area (Å²) in [5.74, 6) is 0.725. The molecule has 1 aromatic carbocycles. The van der Waals surface area contributed by atoms with Gasteiger partial charge in [-0.25, -0.2) is 14.8 Å². The number of aromatic nitrogens is 2. The maximum Gasteiger partial charge on any atom is 0.322 e. The lowest BCUT2D eigenvalue weighted by molar-refractivity contribution is 0.122. The number of hydrogen-bond acceptors (Lipinski definition) is 5. The predicted molar refractivity (Wildman–Crippen MR) is 94.5 cm³/mol. The van der Waals surface area contributed by atoms with Crippen LogP contribution in [0.3, 0.4) is 0 Å². The Kier molecular flexibility index (Phi) is 4.23. The van der Waals surface area contributed by atoms with Crippen molar-refractivity contribution >= 4 is 17.7 Å². The highest BCUT2D eigenvalue weighted by atomic mass is 16.5. The van der Waals surface area contributed by atoms with Crippen LogP contribution in [-0.2, 0) is 17.8 Å². The summed E-state index contributed by atoms with van der Waals surface area (Å²) < 4.78 is 5.37. The number of aryl methyl sites for hydroxylation is 1. The van der Waals surface area contributed by atoms with Crippen LogP contribution in [0, 0.1) is 6.92 Å². The lowest BCUT2D eigenvalue weighted by Crippen LogP contribution is -2.37. The van der Waals surface area contributed by atoms with E-state index in [0.717, 1.165) is 41.5 Å². The van der Waals surface area contributed by atoms with Crippen molar-refractivity contribution in [1.29, 1.82) is 0 Å². The molecule has 0 spiro atoms. The van der Waals surface area contributed by atoms with Crippen LogP contribution >= 0.6 is 0 Å². The number of benzene rings is 1. The Morgan fingerprint density at radius 3 is 2.88 bits per heavy atom. The molecule has 0 radical (unpaired) electrons. The average Bonchev–Trinajstić information content (AvgIpc) is 3.06. The fourth-order valence-electron chi connectivity index (χ4n) is 3.13. The van der Waals surface area contributed by atoms with Gasteiger partial charge >= 0.3 is 6.03 Å². The SMILES string of the molecule is Cc1cccc(NC(=O)N2Cc3cnc(N4CCOCC4)nc3C2)c1. The van der Waals surface area contributed by atoms with Gasteiger partial charge in [0.05, 0.1) is 32.0 Å². The highest BCUT2D eigenvalue weighted by Crippen LogP contribution is 2.23. The molecule has 1 aromatic heterocycles. The maximum atomic E-state index is 12.5. The van der Waals surface area contributed by atoms with Crippen LogP contribution < -0.4 is 10.2 Å². The standard InChI is InChI=1S/C18H21N5O2/c1-13-3-2-4-15(9-13)20-18(24)23-11-14-10-19-17(21-16(14)12-23)22-5-7-25-8-6-22/h2-4,9-10H,5-8,11-12H2,1H3,(H,20,24). The lowest BCUT2D eigenvalue weighted by atomic mass is 10.2. The number of fused-ring (bicyclic) bond motifs is 1. The minimum atomic E-state index is -0.114. The van der Waals surface area contributed by atoms with E-state index in [-0.39, 0.29) is 6.03 Å². The molecule has 7 heteroatoms. The molecule has 3 heterocycles. The number of nitrogens with zero attached hydrogens (tertiary/aromatic N) is 4. The number of anilines is 2. The van der Waals surface area contributed by atoms with Gasteiger partial charge in [-0.1, -0.05) is 12.1 Å². The lowest BCUT2D eigenvalue weighted by Gasteiger charge is -2.26. The van der Waals surface area contributed by atoms with E-state index in [1.165, 1.54) is 0 Å². The molecule has 130 valence electrons. The minimum Gasteiger partial charge on any atom is -0.378 e. The predicted octanol–water partition coefficient (Wildman–Crippen LogP) is 2.17. The third kappa shape index (κ3) is 3.41. The van der Waals surface area contributed by atoms with E-state index < -0.39 is 0 Å². The Labute approximate surface area is 146 Å². The zero-order valence-corrected chi connectivity index (χ0v) is 14.2. The number of carbonyl (C=O) groups is 1. The first-order chi connectivity index (χ1) is 12.2. The molecule has 0 saturated carbocycles. The van der Waals surface area contributed by atoms with Crippen LogP contribution in [0.2, 0.25) is 0 Å². The van der Waals surface area contributed by atoms with Crippen molar-refractivity contribution in [3.05, 3.63) is 47.3 Å². The number of morpholine rings is 1. The largest absolute Gasteiger partial charge is 0.378 e. The summed E-state index contributed by atoms with van der Waals surface area (Å²) in [7, 11) is 0. The van der Waals surface area contributed by atoms with E-state index >= 15 is 0 Å². The van der Waals surface area contributed by atoms with Crippen molar-refractivity contribution in [2.45, 2.75) is 20.0 Å². The molecule has 2 aliphatic rings. The monoisotopic (exact) mass is 339 g/mol. The Hall–Kier alpha value is -2.67. The molecule has 2 amide bonds. The highest BCUT2D eigenvalue weighted by molar-refractivity contribution is 5.89. The summed E-state index contributed by atoms with van der Waals surface area (Å²) >= 11 is 0. The van der Waals surface area contributed by atoms with Gasteiger partial charge in [0.2, 0.25) is 5.95 Å². The van der Waals surface area contributed by atoms with Gasteiger partial charge in [-0.15, -0.1) is 0 Å². The van der Waals surface area contributed by atoms with Crippen molar-refractivity contribution < 1.29 is 9.53 Å². The molecule has 1 fully saturated rings. The quantitative estimate of drug-likeness (QED) is 0.908. The van der Waals surface area contributed by atoms with Crippen molar-refractivity contribution in [2.75, 3.05) is 36.5 Å². The number of carbonyl (C=O) groups excluding carboxylic acids is 1. The number of amides is 2. The molecule has 1 saturated heterocycles. The second-order valence-corrected chi connectivity index (χ2v) is 6.40. The van der Waals surface area contributed by atoms with Crippen LogP contribution in [-0.4, -0.2) is 47.2 Å². The highest BCUT2D eigenvalue weighted by Gasteiger charge is 2.26. The van der Waals surface area contributed by atoms with Gasteiger partial charge in [0.1, 0.15) is 0 Å². The molecule has 0 unspecified atom stereocenters. The molecule has 0 aliphatic carbocycles. The normalized spacial score (nSPS) is 16.7. The van der Waals surface area contributed by atoms with Crippen molar-refractivity contribution in [3.8, 4) is 0 Å². The summed E-state index contributed by atoms with van der Waals surface area (Å²) in [6.45, 7) is 6.05. The number of hydrogen-bond donors (Lipinski definition) is 1. The van der Waals surface area contributed by atoms with Crippen LogP contribution in [0.25, 0.3) is 0 Å². The zero-order chi connectivity index (χ0) is 17.2. The summed E-state index contributed by atoms with van der Waals surface area (Å²) in [5.41, 5.74) is 3.86. The van der Waals surface area contributed by atoms with Gasteiger partial charge in [-0.05, 0) is 24.6 Å². The molecule has 7 nitrogen and oxygen atoms in total. The van der Waals surface area contributed by atoms with Crippen LogP contribution in [0.4, 0.5) is 16.4 Å². The van der Waals surface area contributed by atoms with Crippen LogP contribution in [0.5, 0.6) is 0 Å². The van der Waals surface area contributed by atoms with Crippen molar-refractivity contribution in [2.24, 2.45) is 0 Å². The first-order valence-electron chi connectivity index (χ1n) is 8.49. The van der Waals surface area contributed by atoms with E-state index in [1.54, 1.807) is 4.90 Å². The fraction of sp³-hybridized carbons (Fsp3) is 0.389. The topological polar surface area (TPSA) is 70.6 Å². The number of nitrogens with one attached hydrogen (secondary N) is 1. The summed E-state index contributed by atoms with van der Waals surface area (Å²) in [4.78, 5) is 25.5. The van der Waals surface area contributed by atoms with Gasteiger partial charge in [0.25, 0.3) is 0 Å². The van der Waals surface area contributed by atoms with Crippen LogP contribution in [0.15, 0.2) is 30.5 Å². The van der Waals surface area contributed by atoms with Gasteiger partial charge in [-0.3, -0.25) is 0 Å². The molecule has 0 bridgehead atoms. The Bertz CT molecular complexity index is 789. The molecule has 2 aromatic rings. The Morgan fingerprint density at radius 1 is 1.24 bits per heavy atom. The average molecular weight is 339 g/mol. The smallest absolute Gasteiger partial charge is 0.322 e. The van der Waals surface area contributed by atoms with Gasteiger partial charge in [0, 0.05) is 30.5 Å². The molecule has 2 aliphatic heterocycles. The maximum absolute atomic E-state index is 12.5.